The average Bonchev–Trinajstić information content (AvgIpc) is 3.65. The Bertz CT molecular complexity index is 1390. The van der Waals surface area contributed by atoms with Crippen LogP contribution in [0.4, 0.5) is 0 Å². The molecule has 1 aromatic rings. The van der Waals surface area contributed by atoms with Crippen LogP contribution >= 0.6 is 0 Å². The van der Waals surface area contributed by atoms with Gasteiger partial charge in [0.25, 0.3) is 0 Å². The molecule has 4 amide bonds. The van der Waals surface area contributed by atoms with Gasteiger partial charge in [-0.3, -0.25) is 24.1 Å². The Hall–Kier alpha value is -3.06. The number of hydrogen-bond donors (Lipinski definition) is 3. The maximum Gasteiger partial charge on any atom is 0.245 e. The van der Waals surface area contributed by atoms with Gasteiger partial charge in [-0.05, 0) is 70.4 Å². The van der Waals surface area contributed by atoms with Crippen molar-refractivity contribution < 1.29 is 33.8 Å². The molecule has 2 rings (SSSR count). The minimum atomic E-state index is -0.878. The zero-order valence-corrected chi connectivity index (χ0v) is 37.3. The standard InChI is InChI=1S/C44H77N5O7/c1-16-29(7)38(47(12)43(54)36(27(3)4)46-42(53)37(28(5)6)48(13)44(10,11)17-2)34(55-14)26-35(50)49-25-21-24-33(49)40(56-15)30(8)41(52)45-31(9)39(51)32-22-19-18-20-23-32/h18-20,22-23,27-31,33-34,36-40,51H,16-17,21,24-26H2,1-15H3,(H,45,52)(H,46,53)/t29-,30+,31+,33-,34+,36-,37-,38-,39+,40+/m0/s1. The fourth-order valence-electron chi connectivity index (χ4n) is 8.20. The normalized spacial score (nSPS) is 19.8. The van der Waals surface area contributed by atoms with Gasteiger partial charge in [0.1, 0.15) is 6.04 Å². The maximum atomic E-state index is 14.5. The molecule has 1 saturated heterocycles. The van der Waals surface area contributed by atoms with Gasteiger partial charge in [0.15, 0.2) is 0 Å². The zero-order valence-electron chi connectivity index (χ0n) is 37.3. The quantitative estimate of drug-likeness (QED) is 0.141. The third-order valence-corrected chi connectivity index (χ3v) is 12.6. The van der Waals surface area contributed by atoms with E-state index in [2.05, 4.69) is 50.2 Å². The number of ether oxygens (including phenoxy) is 2. The average molecular weight is 788 g/mol. The van der Waals surface area contributed by atoms with E-state index in [1.165, 1.54) is 0 Å². The van der Waals surface area contributed by atoms with Crippen LogP contribution in [0.3, 0.4) is 0 Å². The Balaban J connectivity index is 2.29. The van der Waals surface area contributed by atoms with Crippen LogP contribution < -0.4 is 10.6 Å². The van der Waals surface area contributed by atoms with E-state index in [0.29, 0.717) is 18.5 Å². The van der Waals surface area contributed by atoms with Crippen LogP contribution in [0.1, 0.15) is 120 Å². The van der Waals surface area contributed by atoms with E-state index in [1.807, 2.05) is 65.1 Å². The van der Waals surface area contributed by atoms with E-state index >= 15 is 0 Å². The highest BCUT2D eigenvalue weighted by atomic mass is 16.5. The lowest BCUT2D eigenvalue weighted by atomic mass is 9.89. The van der Waals surface area contributed by atoms with Gasteiger partial charge in [-0.1, -0.05) is 92.1 Å². The van der Waals surface area contributed by atoms with Crippen LogP contribution in [0.5, 0.6) is 0 Å². The first-order valence-electron chi connectivity index (χ1n) is 20.9. The number of likely N-dealkylation sites (tertiary alicyclic amines) is 1. The van der Waals surface area contributed by atoms with Crippen molar-refractivity contribution in [3.63, 3.8) is 0 Å². The minimum Gasteiger partial charge on any atom is -0.386 e. The van der Waals surface area contributed by atoms with Crippen LogP contribution in [-0.4, -0.2) is 126 Å². The van der Waals surface area contributed by atoms with Gasteiger partial charge in [-0.25, -0.2) is 0 Å². The third kappa shape index (κ3) is 12.2. The van der Waals surface area contributed by atoms with Crippen molar-refractivity contribution in [2.24, 2.45) is 23.7 Å². The molecule has 0 aliphatic carbocycles. The highest BCUT2D eigenvalue weighted by molar-refractivity contribution is 5.90. The minimum absolute atomic E-state index is 0.0174. The van der Waals surface area contributed by atoms with Crippen molar-refractivity contribution in [3.8, 4) is 0 Å². The summed E-state index contributed by atoms with van der Waals surface area (Å²) in [4.78, 5) is 61.8. The Morgan fingerprint density at radius 2 is 1.52 bits per heavy atom. The van der Waals surface area contributed by atoms with Crippen molar-refractivity contribution in [1.29, 1.82) is 0 Å². The van der Waals surface area contributed by atoms with Gasteiger partial charge in [0, 0.05) is 33.4 Å². The molecule has 1 aliphatic heterocycles. The molecule has 0 spiro atoms. The molecule has 0 unspecified atom stereocenters. The first-order chi connectivity index (χ1) is 26.2. The summed E-state index contributed by atoms with van der Waals surface area (Å²) in [5.74, 6) is -1.61. The predicted octanol–water partition coefficient (Wildman–Crippen LogP) is 5.43. The second kappa shape index (κ2) is 22.2. The molecule has 12 heteroatoms. The van der Waals surface area contributed by atoms with Crippen molar-refractivity contribution in [2.75, 3.05) is 34.9 Å². The third-order valence-electron chi connectivity index (χ3n) is 12.6. The highest BCUT2D eigenvalue weighted by Crippen LogP contribution is 2.30. The van der Waals surface area contributed by atoms with E-state index in [-0.39, 0.29) is 59.4 Å². The maximum absolute atomic E-state index is 14.5. The number of methoxy groups -OCH3 is 2. The van der Waals surface area contributed by atoms with Gasteiger partial charge in [-0.15, -0.1) is 0 Å². The number of benzene rings is 1. The predicted molar refractivity (Wildman–Crippen MR) is 223 cm³/mol. The van der Waals surface area contributed by atoms with Gasteiger partial charge in [0.05, 0.1) is 54.8 Å². The van der Waals surface area contributed by atoms with Gasteiger partial charge < -0.3 is 35.0 Å². The molecule has 3 N–H and O–H groups in total. The van der Waals surface area contributed by atoms with E-state index in [4.69, 9.17) is 9.47 Å². The summed E-state index contributed by atoms with van der Waals surface area (Å²) in [7, 11) is 6.85. The van der Waals surface area contributed by atoms with Crippen LogP contribution in [0, 0.1) is 23.7 Å². The summed E-state index contributed by atoms with van der Waals surface area (Å²) in [5.41, 5.74) is 0.496. The lowest BCUT2D eigenvalue weighted by molar-refractivity contribution is -0.148. The molecule has 0 radical (unpaired) electrons. The molecule has 1 fully saturated rings. The van der Waals surface area contributed by atoms with E-state index in [0.717, 1.165) is 19.3 Å². The summed E-state index contributed by atoms with van der Waals surface area (Å²) in [6.45, 7) is 22.4. The molecule has 0 aromatic heterocycles. The number of amides is 4. The number of carbonyl (C=O) groups excluding carboxylic acids is 4. The summed E-state index contributed by atoms with van der Waals surface area (Å²) >= 11 is 0. The van der Waals surface area contributed by atoms with Crippen molar-refractivity contribution in [3.05, 3.63) is 35.9 Å². The van der Waals surface area contributed by atoms with Gasteiger partial charge >= 0.3 is 0 Å². The molecule has 10 atom stereocenters. The molecule has 0 bridgehead atoms. The lowest BCUT2D eigenvalue weighted by Crippen LogP contribution is -2.61. The molecule has 320 valence electrons. The smallest absolute Gasteiger partial charge is 0.245 e. The second-order valence-electron chi connectivity index (χ2n) is 17.4. The molecular weight excluding hydrogens is 711 g/mol. The van der Waals surface area contributed by atoms with Crippen molar-refractivity contribution >= 4 is 23.6 Å². The number of hydrogen-bond acceptors (Lipinski definition) is 8. The largest absolute Gasteiger partial charge is 0.386 e. The molecule has 12 nitrogen and oxygen atoms in total. The molecule has 0 saturated carbocycles. The number of rotatable bonds is 22. The first-order valence-corrected chi connectivity index (χ1v) is 20.9. The SMILES string of the molecule is CC[C@H](C)[C@@H]([C@@H](CC(=O)N1CCC[C@H]1[C@H](OC)[C@@H](C)C(=O)N[C@H](C)[C@@H](O)c1ccccc1)OC)N(C)C(=O)[C@@H](NC(=O)[C@H](C(C)C)N(C)C(C)(C)CC)C(C)C. The van der Waals surface area contributed by atoms with E-state index < -0.39 is 48.4 Å². The number of aliphatic hydroxyl groups is 1. The van der Waals surface area contributed by atoms with Crippen LogP contribution in [-0.2, 0) is 28.7 Å². The summed E-state index contributed by atoms with van der Waals surface area (Å²) in [5, 5.41) is 16.9. The summed E-state index contributed by atoms with van der Waals surface area (Å²) in [6.07, 6.45) is 0.981. The molecular formula is C44H77N5O7. The Kier molecular flexibility index (Phi) is 19.4. The van der Waals surface area contributed by atoms with Crippen molar-refractivity contribution in [2.45, 2.75) is 162 Å². The zero-order chi connectivity index (χ0) is 42.7. The Morgan fingerprint density at radius 3 is 2.02 bits per heavy atom. The number of nitrogens with one attached hydrogen (secondary N) is 2. The van der Waals surface area contributed by atoms with Crippen molar-refractivity contribution in [1.82, 2.24) is 25.3 Å². The van der Waals surface area contributed by atoms with E-state index in [9.17, 15) is 24.3 Å². The van der Waals surface area contributed by atoms with Crippen LogP contribution in [0.2, 0.25) is 0 Å². The lowest BCUT2D eigenvalue weighted by Gasteiger charge is -2.43. The number of nitrogens with zero attached hydrogens (tertiary/aromatic N) is 3. The van der Waals surface area contributed by atoms with Crippen LogP contribution in [0.25, 0.3) is 0 Å². The monoisotopic (exact) mass is 788 g/mol. The molecule has 56 heavy (non-hydrogen) atoms. The summed E-state index contributed by atoms with van der Waals surface area (Å²) < 4.78 is 12.0. The molecule has 1 heterocycles. The van der Waals surface area contributed by atoms with Gasteiger partial charge in [-0.2, -0.15) is 0 Å². The fourth-order valence-corrected chi connectivity index (χ4v) is 8.20. The Morgan fingerprint density at radius 1 is 0.911 bits per heavy atom. The number of likely N-dealkylation sites (N-methyl/N-ethyl adjacent to an activating group) is 2. The highest BCUT2D eigenvalue weighted by Gasteiger charge is 2.44. The fraction of sp³-hybridized carbons (Fsp3) is 0.773. The second-order valence-corrected chi connectivity index (χ2v) is 17.4. The topological polar surface area (TPSA) is 141 Å². The first kappa shape index (κ1) is 49.1. The number of carbonyl (C=O) groups is 4. The molecule has 1 aliphatic rings. The van der Waals surface area contributed by atoms with E-state index in [1.54, 1.807) is 44.9 Å². The van der Waals surface area contributed by atoms with Crippen LogP contribution in [0.15, 0.2) is 30.3 Å². The van der Waals surface area contributed by atoms with Gasteiger partial charge in [0.2, 0.25) is 23.6 Å². The molecule has 1 aromatic carbocycles. The summed E-state index contributed by atoms with van der Waals surface area (Å²) in [6, 6.07) is 6.66. The number of aliphatic hydroxyl groups excluding tert-OH is 1. The Labute approximate surface area is 338 Å².